The van der Waals surface area contributed by atoms with Gasteiger partial charge in [-0.1, -0.05) is 36.4 Å². The smallest absolute Gasteiger partial charge is 0.246 e. The molecule has 1 amide bonds. The van der Waals surface area contributed by atoms with Gasteiger partial charge in [0.05, 0.1) is 6.54 Å². The minimum absolute atomic E-state index is 0. The van der Waals surface area contributed by atoms with Crippen molar-refractivity contribution in [3.05, 3.63) is 83.7 Å². The summed E-state index contributed by atoms with van der Waals surface area (Å²) in [7, 11) is 2.04. The third-order valence-corrected chi connectivity index (χ3v) is 4.85. The van der Waals surface area contributed by atoms with Gasteiger partial charge in [-0.25, -0.2) is 4.99 Å². The fourth-order valence-electron chi connectivity index (χ4n) is 3.24. The Balaban J connectivity index is 0.00000363. The topological polar surface area (TPSA) is 74.5 Å². The van der Waals surface area contributed by atoms with Gasteiger partial charge < -0.3 is 15.5 Å². The highest BCUT2D eigenvalue weighted by molar-refractivity contribution is 14.0. The van der Waals surface area contributed by atoms with E-state index in [9.17, 15) is 4.79 Å². The molecular weight excluding hydrogens is 515 g/mol. The molecule has 7 nitrogen and oxygen atoms in total. The Morgan fingerprint density at radius 1 is 1.16 bits per heavy atom. The number of carbonyl (C=O) groups excluding carboxylic acids is 1. The predicted octanol–water partition coefficient (Wildman–Crippen LogP) is 4.05. The summed E-state index contributed by atoms with van der Waals surface area (Å²) in [5, 5.41) is 10.3. The summed E-state index contributed by atoms with van der Waals surface area (Å²) in [6, 6.07) is 18.0. The van der Waals surface area contributed by atoms with Gasteiger partial charge in [-0.15, -0.1) is 24.0 Å². The Kier molecular flexibility index (Phi) is 10.2. The van der Waals surface area contributed by atoms with E-state index in [1.807, 2.05) is 31.3 Å². The zero-order valence-corrected chi connectivity index (χ0v) is 21.1. The van der Waals surface area contributed by atoms with Gasteiger partial charge in [-0.2, -0.15) is 5.10 Å². The van der Waals surface area contributed by atoms with Crippen LogP contribution in [0.5, 0.6) is 0 Å². The molecule has 170 valence electrons. The molecule has 0 aliphatic heterocycles. The van der Waals surface area contributed by atoms with Crippen molar-refractivity contribution in [1.82, 2.24) is 20.0 Å². The van der Waals surface area contributed by atoms with Crippen LogP contribution in [0.2, 0.25) is 0 Å². The number of aliphatic imine (C=N–C) groups is 1. The van der Waals surface area contributed by atoms with Crippen LogP contribution in [0.25, 0.3) is 0 Å². The summed E-state index contributed by atoms with van der Waals surface area (Å²) in [5.41, 5.74) is 4.32. The van der Waals surface area contributed by atoms with Crippen molar-refractivity contribution in [3.63, 3.8) is 0 Å². The first kappa shape index (κ1) is 25.4. The Hall–Kier alpha value is -2.88. The van der Waals surface area contributed by atoms with Gasteiger partial charge in [0, 0.05) is 38.2 Å². The molecular formula is C24H31IN6O. The summed E-state index contributed by atoms with van der Waals surface area (Å²) in [4.78, 5) is 19.1. The highest BCUT2D eigenvalue weighted by Crippen LogP contribution is 2.13. The molecule has 0 atom stereocenters. The van der Waals surface area contributed by atoms with Crippen molar-refractivity contribution in [1.29, 1.82) is 0 Å². The number of nitrogens with zero attached hydrogens (tertiary/aromatic N) is 4. The third kappa shape index (κ3) is 7.67. The maximum Gasteiger partial charge on any atom is 0.246 e. The summed E-state index contributed by atoms with van der Waals surface area (Å²) in [6.07, 6.45) is 3.42. The van der Waals surface area contributed by atoms with Crippen LogP contribution in [0.3, 0.4) is 0 Å². The lowest BCUT2D eigenvalue weighted by atomic mass is 10.1. The lowest BCUT2D eigenvalue weighted by Gasteiger charge is -2.23. The number of hydrogen-bond donors (Lipinski definition) is 2. The molecule has 0 aliphatic carbocycles. The van der Waals surface area contributed by atoms with E-state index < -0.39 is 0 Å². The number of aromatic nitrogens is 2. The van der Waals surface area contributed by atoms with Gasteiger partial charge in [-0.05, 0) is 48.7 Å². The van der Waals surface area contributed by atoms with Gasteiger partial charge in [0.1, 0.15) is 6.54 Å². The van der Waals surface area contributed by atoms with Crippen LogP contribution in [0.15, 0.2) is 72.0 Å². The number of hydrogen-bond acceptors (Lipinski definition) is 3. The van der Waals surface area contributed by atoms with Crippen LogP contribution in [-0.2, 0) is 24.4 Å². The highest BCUT2D eigenvalue weighted by atomic mass is 127. The summed E-state index contributed by atoms with van der Waals surface area (Å²) in [6.45, 7) is 6.46. The summed E-state index contributed by atoms with van der Waals surface area (Å²) >= 11 is 0. The number of halogens is 1. The highest BCUT2D eigenvalue weighted by Gasteiger charge is 2.09. The number of anilines is 1. The summed E-state index contributed by atoms with van der Waals surface area (Å²) < 4.78 is 1.59. The van der Waals surface area contributed by atoms with Crippen molar-refractivity contribution >= 4 is 41.5 Å². The van der Waals surface area contributed by atoms with Gasteiger partial charge in [-0.3, -0.25) is 9.48 Å². The van der Waals surface area contributed by atoms with Gasteiger partial charge >= 0.3 is 0 Å². The van der Waals surface area contributed by atoms with E-state index in [1.54, 1.807) is 23.1 Å². The lowest BCUT2D eigenvalue weighted by Crippen LogP contribution is -2.38. The number of carbonyl (C=O) groups is 1. The van der Waals surface area contributed by atoms with E-state index in [4.69, 9.17) is 4.99 Å². The Morgan fingerprint density at radius 2 is 1.97 bits per heavy atom. The van der Waals surface area contributed by atoms with E-state index >= 15 is 0 Å². The lowest BCUT2D eigenvalue weighted by molar-refractivity contribution is -0.116. The molecule has 8 heteroatoms. The van der Waals surface area contributed by atoms with Gasteiger partial charge in [0.25, 0.3) is 0 Å². The van der Waals surface area contributed by atoms with E-state index in [1.165, 1.54) is 11.1 Å². The number of rotatable bonds is 8. The molecule has 0 spiro atoms. The molecule has 1 heterocycles. The van der Waals surface area contributed by atoms with Crippen molar-refractivity contribution in [2.45, 2.75) is 33.5 Å². The number of aryl methyl sites for hydroxylation is 1. The zero-order chi connectivity index (χ0) is 22.1. The molecule has 0 unspecified atom stereocenters. The second-order valence-corrected chi connectivity index (χ2v) is 7.40. The largest absolute Gasteiger partial charge is 0.357 e. The van der Waals surface area contributed by atoms with Gasteiger partial charge in [0.2, 0.25) is 5.91 Å². The maximum absolute atomic E-state index is 12.2. The number of guanidine groups is 1. The van der Waals surface area contributed by atoms with Crippen LogP contribution in [0, 0.1) is 6.92 Å². The predicted molar refractivity (Wildman–Crippen MR) is 140 cm³/mol. The van der Waals surface area contributed by atoms with E-state index in [-0.39, 0.29) is 36.4 Å². The van der Waals surface area contributed by atoms with Crippen LogP contribution in [0.4, 0.5) is 5.69 Å². The Morgan fingerprint density at radius 3 is 2.69 bits per heavy atom. The van der Waals surface area contributed by atoms with E-state index in [0.717, 1.165) is 30.3 Å². The number of amides is 1. The Labute approximate surface area is 206 Å². The van der Waals surface area contributed by atoms with Crippen molar-refractivity contribution in [2.24, 2.45) is 4.99 Å². The molecule has 32 heavy (non-hydrogen) atoms. The van der Waals surface area contributed by atoms with Crippen LogP contribution >= 0.6 is 24.0 Å². The van der Waals surface area contributed by atoms with Crippen molar-refractivity contribution in [2.75, 3.05) is 18.9 Å². The molecule has 0 bridgehead atoms. The minimum atomic E-state index is -0.115. The fraction of sp³-hybridized carbons (Fsp3) is 0.292. The molecule has 0 saturated carbocycles. The second kappa shape index (κ2) is 12.8. The standard InChI is InChI=1S/C24H30N6O.HI/c1-4-25-24(29(3)17-21-11-6-5-9-19(21)2)26-16-20-10-7-12-22(15-20)28-23(31)18-30-14-8-13-27-30;/h5-15H,4,16-18H2,1-3H3,(H,25,26)(H,28,31);1H. The molecule has 0 aliphatic rings. The maximum atomic E-state index is 12.2. The summed E-state index contributed by atoms with van der Waals surface area (Å²) in [5.74, 6) is 0.731. The quantitative estimate of drug-likeness (QED) is 0.254. The molecule has 0 fully saturated rings. The molecule has 2 aromatic carbocycles. The SMILES string of the molecule is CCNC(=NCc1cccc(NC(=O)Cn2cccn2)c1)N(C)Cc1ccccc1C.I. The van der Waals surface area contributed by atoms with Crippen LogP contribution < -0.4 is 10.6 Å². The fourth-order valence-corrected chi connectivity index (χ4v) is 3.24. The molecule has 1 aromatic heterocycles. The normalized spacial score (nSPS) is 10.9. The van der Waals surface area contributed by atoms with E-state index in [0.29, 0.717) is 6.54 Å². The zero-order valence-electron chi connectivity index (χ0n) is 18.8. The van der Waals surface area contributed by atoms with E-state index in [2.05, 4.69) is 58.7 Å². The molecule has 3 rings (SSSR count). The first-order valence-electron chi connectivity index (χ1n) is 10.5. The van der Waals surface area contributed by atoms with Crippen LogP contribution in [-0.4, -0.2) is 40.1 Å². The van der Waals surface area contributed by atoms with Crippen molar-refractivity contribution in [3.8, 4) is 0 Å². The molecule has 0 saturated heterocycles. The minimum Gasteiger partial charge on any atom is -0.357 e. The average molecular weight is 546 g/mol. The number of benzene rings is 2. The first-order chi connectivity index (χ1) is 15.0. The molecule has 3 aromatic rings. The second-order valence-electron chi connectivity index (χ2n) is 7.40. The molecule has 0 radical (unpaired) electrons. The van der Waals surface area contributed by atoms with Gasteiger partial charge in [0.15, 0.2) is 5.96 Å². The first-order valence-corrected chi connectivity index (χ1v) is 10.5. The third-order valence-electron chi connectivity index (χ3n) is 4.85. The average Bonchev–Trinajstić information content (AvgIpc) is 3.26. The van der Waals surface area contributed by atoms with Crippen molar-refractivity contribution < 1.29 is 4.79 Å². The molecule has 2 N–H and O–H groups in total. The monoisotopic (exact) mass is 546 g/mol. The Bertz CT molecular complexity index is 1020. The number of nitrogens with one attached hydrogen (secondary N) is 2. The van der Waals surface area contributed by atoms with Crippen LogP contribution in [0.1, 0.15) is 23.6 Å².